The minimum atomic E-state index is -0.512. The van der Waals surface area contributed by atoms with Gasteiger partial charge < -0.3 is 10.1 Å². The molecular formula is C13H18N2O4. The number of nitrogens with one attached hydrogen (secondary N) is 1. The Morgan fingerprint density at radius 2 is 2.05 bits per heavy atom. The fourth-order valence-corrected chi connectivity index (χ4v) is 1.77. The van der Waals surface area contributed by atoms with Gasteiger partial charge in [-0.1, -0.05) is 13.8 Å². The number of benzene rings is 1. The molecule has 0 aliphatic carbocycles. The van der Waals surface area contributed by atoms with Gasteiger partial charge in [0, 0.05) is 12.1 Å². The van der Waals surface area contributed by atoms with Crippen LogP contribution in [0.15, 0.2) is 18.2 Å². The highest BCUT2D eigenvalue weighted by Crippen LogP contribution is 2.27. The van der Waals surface area contributed by atoms with Crippen molar-refractivity contribution in [3.8, 4) is 0 Å². The Labute approximate surface area is 111 Å². The van der Waals surface area contributed by atoms with Crippen molar-refractivity contribution in [2.45, 2.75) is 32.7 Å². The van der Waals surface area contributed by atoms with Gasteiger partial charge in [0.25, 0.3) is 5.69 Å². The van der Waals surface area contributed by atoms with Crippen LogP contribution in [0.2, 0.25) is 0 Å². The molecule has 0 saturated carbocycles. The van der Waals surface area contributed by atoms with E-state index in [1.165, 1.54) is 25.3 Å². The molecule has 1 N–H and O–H groups in total. The fourth-order valence-electron chi connectivity index (χ4n) is 1.77. The van der Waals surface area contributed by atoms with E-state index in [2.05, 4.69) is 10.1 Å². The van der Waals surface area contributed by atoms with Crippen LogP contribution >= 0.6 is 0 Å². The molecule has 0 radical (unpaired) electrons. The highest BCUT2D eigenvalue weighted by atomic mass is 16.6. The molecule has 0 fully saturated rings. The minimum Gasteiger partial charge on any atom is -0.465 e. The summed E-state index contributed by atoms with van der Waals surface area (Å²) in [6, 6.07) is 4.30. The lowest BCUT2D eigenvalue weighted by Gasteiger charge is -2.16. The number of anilines is 1. The number of esters is 1. The SMILES string of the molecule is CCC(CC)Nc1cc(C(=O)OC)ccc1[N+](=O)[O-]. The van der Waals surface area contributed by atoms with Gasteiger partial charge in [0.05, 0.1) is 17.6 Å². The maximum absolute atomic E-state index is 11.5. The highest BCUT2D eigenvalue weighted by molar-refractivity contribution is 5.91. The molecule has 0 heterocycles. The fraction of sp³-hybridized carbons (Fsp3) is 0.462. The van der Waals surface area contributed by atoms with Crippen LogP contribution in [0.5, 0.6) is 0 Å². The lowest BCUT2D eigenvalue weighted by Crippen LogP contribution is -2.18. The van der Waals surface area contributed by atoms with E-state index in [4.69, 9.17) is 0 Å². The quantitative estimate of drug-likeness (QED) is 0.486. The van der Waals surface area contributed by atoms with Crippen molar-refractivity contribution < 1.29 is 14.5 Å². The molecule has 19 heavy (non-hydrogen) atoms. The van der Waals surface area contributed by atoms with E-state index < -0.39 is 10.9 Å². The van der Waals surface area contributed by atoms with Gasteiger partial charge in [-0.2, -0.15) is 0 Å². The average molecular weight is 266 g/mol. The van der Waals surface area contributed by atoms with Gasteiger partial charge in [0.15, 0.2) is 0 Å². The van der Waals surface area contributed by atoms with Crippen molar-refractivity contribution in [1.29, 1.82) is 0 Å². The molecule has 0 amide bonds. The van der Waals surface area contributed by atoms with Crippen LogP contribution in [-0.2, 0) is 4.74 Å². The summed E-state index contributed by atoms with van der Waals surface area (Å²) in [5.74, 6) is -0.512. The zero-order chi connectivity index (χ0) is 14.4. The number of rotatable bonds is 6. The van der Waals surface area contributed by atoms with Gasteiger partial charge in [0.1, 0.15) is 5.69 Å². The average Bonchev–Trinajstić information content (AvgIpc) is 2.43. The van der Waals surface area contributed by atoms with E-state index in [1.54, 1.807) is 0 Å². The van der Waals surface area contributed by atoms with Crippen molar-refractivity contribution >= 4 is 17.3 Å². The monoisotopic (exact) mass is 266 g/mol. The molecule has 0 aliphatic heterocycles. The molecule has 0 aromatic heterocycles. The first-order chi connectivity index (χ1) is 9.03. The van der Waals surface area contributed by atoms with Crippen LogP contribution in [0.3, 0.4) is 0 Å². The van der Waals surface area contributed by atoms with Crippen LogP contribution < -0.4 is 5.32 Å². The number of ether oxygens (including phenoxy) is 1. The van der Waals surface area contributed by atoms with Crippen molar-refractivity contribution in [1.82, 2.24) is 0 Å². The van der Waals surface area contributed by atoms with Crippen molar-refractivity contribution in [3.63, 3.8) is 0 Å². The van der Waals surface area contributed by atoms with Gasteiger partial charge in [-0.05, 0) is 25.0 Å². The third kappa shape index (κ3) is 3.67. The number of hydrogen-bond acceptors (Lipinski definition) is 5. The number of carbonyl (C=O) groups is 1. The molecule has 6 heteroatoms. The molecule has 0 spiro atoms. The number of nitrogens with zero attached hydrogens (tertiary/aromatic N) is 1. The van der Waals surface area contributed by atoms with Gasteiger partial charge in [-0.3, -0.25) is 10.1 Å². The van der Waals surface area contributed by atoms with Crippen LogP contribution in [0.25, 0.3) is 0 Å². The Balaban J connectivity index is 3.15. The molecule has 0 bridgehead atoms. The first kappa shape index (κ1) is 14.9. The Hall–Kier alpha value is -2.11. The predicted molar refractivity (Wildman–Crippen MR) is 72.4 cm³/mol. The van der Waals surface area contributed by atoms with Gasteiger partial charge in [-0.15, -0.1) is 0 Å². The van der Waals surface area contributed by atoms with E-state index in [9.17, 15) is 14.9 Å². The Morgan fingerprint density at radius 3 is 2.53 bits per heavy atom. The van der Waals surface area contributed by atoms with E-state index in [0.717, 1.165) is 12.8 Å². The molecule has 6 nitrogen and oxygen atoms in total. The Kier molecular flexibility index (Phi) is 5.29. The van der Waals surface area contributed by atoms with Crippen molar-refractivity contribution in [3.05, 3.63) is 33.9 Å². The summed E-state index contributed by atoms with van der Waals surface area (Å²) in [6.07, 6.45) is 1.69. The number of hydrogen-bond donors (Lipinski definition) is 1. The van der Waals surface area contributed by atoms with E-state index in [0.29, 0.717) is 11.3 Å². The van der Waals surface area contributed by atoms with Gasteiger partial charge >= 0.3 is 5.97 Å². The maximum Gasteiger partial charge on any atom is 0.337 e. The second-order valence-electron chi connectivity index (χ2n) is 4.14. The van der Waals surface area contributed by atoms with Crippen LogP contribution in [0, 0.1) is 10.1 Å². The lowest BCUT2D eigenvalue weighted by molar-refractivity contribution is -0.384. The van der Waals surface area contributed by atoms with Crippen molar-refractivity contribution in [2.24, 2.45) is 0 Å². The molecule has 0 saturated heterocycles. The van der Waals surface area contributed by atoms with E-state index >= 15 is 0 Å². The highest BCUT2D eigenvalue weighted by Gasteiger charge is 2.18. The zero-order valence-electron chi connectivity index (χ0n) is 11.3. The Bertz CT molecular complexity index is 470. The number of carbonyl (C=O) groups excluding carboxylic acids is 1. The molecule has 104 valence electrons. The topological polar surface area (TPSA) is 81.5 Å². The maximum atomic E-state index is 11.5. The second-order valence-corrected chi connectivity index (χ2v) is 4.14. The van der Waals surface area contributed by atoms with Crippen LogP contribution in [0.1, 0.15) is 37.0 Å². The molecule has 1 aromatic rings. The van der Waals surface area contributed by atoms with Gasteiger partial charge in [0.2, 0.25) is 0 Å². The summed E-state index contributed by atoms with van der Waals surface area (Å²) in [4.78, 5) is 22.0. The summed E-state index contributed by atoms with van der Waals surface area (Å²) >= 11 is 0. The smallest absolute Gasteiger partial charge is 0.337 e. The second kappa shape index (κ2) is 6.72. The summed E-state index contributed by atoms with van der Waals surface area (Å²) in [5, 5.41) is 14.1. The molecule has 0 unspecified atom stereocenters. The number of nitro benzene ring substituents is 1. The first-order valence-electron chi connectivity index (χ1n) is 6.16. The van der Waals surface area contributed by atoms with Crippen molar-refractivity contribution in [2.75, 3.05) is 12.4 Å². The number of nitro groups is 1. The molecule has 1 aromatic carbocycles. The summed E-state index contributed by atoms with van der Waals surface area (Å²) in [5.41, 5.74) is 0.600. The predicted octanol–water partition coefficient (Wildman–Crippen LogP) is 2.98. The summed E-state index contributed by atoms with van der Waals surface area (Å²) in [6.45, 7) is 3.99. The van der Waals surface area contributed by atoms with Crippen LogP contribution in [0.4, 0.5) is 11.4 Å². The normalized spacial score (nSPS) is 10.3. The van der Waals surface area contributed by atoms with Crippen LogP contribution in [-0.4, -0.2) is 24.0 Å². The molecule has 0 atom stereocenters. The molecule has 1 rings (SSSR count). The first-order valence-corrected chi connectivity index (χ1v) is 6.16. The standard InChI is InChI=1S/C13H18N2O4/c1-4-10(5-2)14-11-8-9(13(16)19-3)6-7-12(11)15(17)18/h6-8,10,14H,4-5H2,1-3H3. The van der Waals surface area contributed by atoms with Gasteiger partial charge in [-0.25, -0.2) is 4.79 Å². The zero-order valence-corrected chi connectivity index (χ0v) is 11.3. The molecule has 0 aliphatic rings. The third-order valence-corrected chi connectivity index (χ3v) is 2.96. The third-order valence-electron chi connectivity index (χ3n) is 2.96. The van der Waals surface area contributed by atoms with E-state index in [1.807, 2.05) is 13.8 Å². The lowest BCUT2D eigenvalue weighted by atomic mass is 10.1. The summed E-state index contributed by atoms with van der Waals surface area (Å²) in [7, 11) is 1.28. The number of methoxy groups -OCH3 is 1. The Morgan fingerprint density at radius 1 is 1.42 bits per heavy atom. The minimum absolute atomic E-state index is 0.0421. The summed E-state index contributed by atoms with van der Waals surface area (Å²) < 4.78 is 4.61. The van der Waals surface area contributed by atoms with E-state index in [-0.39, 0.29) is 11.7 Å². The largest absolute Gasteiger partial charge is 0.465 e. The molecular weight excluding hydrogens is 248 g/mol.